The number of benzene rings is 2. The summed E-state index contributed by atoms with van der Waals surface area (Å²) >= 11 is 0. The van der Waals surface area contributed by atoms with Crippen molar-refractivity contribution >= 4 is 5.69 Å². The Morgan fingerprint density at radius 1 is 0.913 bits per heavy atom. The normalized spacial score (nSPS) is 10.8. The number of rotatable bonds is 4. The molecule has 0 bridgehead atoms. The van der Waals surface area contributed by atoms with Crippen LogP contribution in [0.3, 0.4) is 0 Å². The maximum atomic E-state index is 13.9. The van der Waals surface area contributed by atoms with E-state index < -0.39 is 23.3 Å². The SMILES string of the molecule is Fc1ccc(NCc2cn[nH]c2-c2c(F)cccc2F)cc1F. The number of nitrogens with zero attached hydrogens (tertiary/aromatic N) is 1. The second-order valence-electron chi connectivity index (χ2n) is 4.85. The number of anilines is 1. The van der Waals surface area contributed by atoms with Crippen LogP contribution in [0.4, 0.5) is 23.2 Å². The topological polar surface area (TPSA) is 40.7 Å². The highest BCUT2D eigenvalue weighted by molar-refractivity contribution is 5.64. The smallest absolute Gasteiger partial charge is 0.160 e. The lowest BCUT2D eigenvalue weighted by molar-refractivity contribution is 0.509. The molecule has 0 aliphatic carbocycles. The van der Waals surface area contributed by atoms with Crippen molar-refractivity contribution in [2.45, 2.75) is 6.54 Å². The largest absolute Gasteiger partial charge is 0.381 e. The summed E-state index contributed by atoms with van der Waals surface area (Å²) in [6, 6.07) is 6.91. The molecule has 0 radical (unpaired) electrons. The van der Waals surface area contributed by atoms with E-state index in [1.54, 1.807) is 0 Å². The molecule has 0 fully saturated rings. The first kappa shape index (κ1) is 15.1. The number of H-pyrrole nitrogens is 1. The van der Waals surface area contributed by atoms with E-state index in [1.807, 2.05) is 0 Å². The molecule has 0 atom stereocenters. The molecular formula is C16H11F4N3. The Balaban J connectivity index is 1.85. The Kier molecular flexibility index (Phi) is 4.01. The van der Waals surface area contributed by atoms with Crippen LogP contribution in [-0.2, 0) is 6.54 Å². The van der Waals surface area contributed by atoms with Crippen molar-refractivity contribution in [1.82, 2.24) is 10.2 Å². The van der Waals surface area contributed by atoms with E-state index in [-0.39, 0.29) is 17.8 Å². The molecule has 2 aromatic carbocycles. The molecular weight excluding hydrogens is 310 g/mol. The molecule has 118 valence electrons. The van der Waals surface area contributed by atoms with Gasteiger partial charge >= 0.3 is 0 Å². The fraction of sp³-hybridized carbons (Fsp3) is 0.0625. The van der Waals surface area contributed by atoms with Crippen LogP contribution < -0.4 is 5.32 Å². The first-order valence-corrected chi connectivity index (χ1v) is 6.72. The molecule has 0 aliphatic heterocycles. The molecule has 3 nitrogen and oxygen atoms in total. The zero-order valence-corrected chi connectivity index (χ0v) is 11.7. The zero-order chi connectivity index (χ0) is 16.4. The molecule has 0 spiro atoms. The lowest BCUT2D eigenvalue weighted by Gasteiger charge is -2.09. The maximum Gasteiger partial charge on any atom is 0.160 e. The van der Waals surface area contributed by atoms with E-state index in [4.69, 9.17) is 0 Å². The van der Waals surface area contributed by atoms with Gasteiger partial charge in [-0.15, -0.1) is 0 Å². The fourth-order valence-corrected chi connectivity index (χ4v) is 2.20. The summed E-state index contributed by atoms with van der Waals surface area (Å²) in [6.45, 7) is 0.130. The van der Waals surface area contributed by atoms with Gasteiger partial charge in [-0.2, -0.15) is 5.10 Å². The summed E-state index contributed by atoms with van der Waals surface area (Å²) in [5.74, 6) is -3.37. The first-order valence-electron chi connectivity index (χ1n) is 6.72. The highest BCUT2D eigenvalue weighted by Gasteiger charge is 2.16. The summed E-state index contributed by atoms with van der Waals surface area (Å²) in [4.78, 5) is 0. The molecule has 0 saturated heterocycles. The predicted octanol–water partition coefficient (Wildman–Crippen LogP) is 4.25. The average molecular weight is 321 g/mol. The summed E-state index contributed by atoms with van der Waals surface area (Å²) in [5, 5.41) is 9.20. The molecule has 0 saturated carbocycles. The van der Waals surface area contributed by atoms with Crippen LogP contribution in [0.1, 0.15) is 5.56 Å². The Morgan fingerprint density at radius 3 is 2.35 bits per heavy atom. The molecule has 1 aromatic heterocycles. The molecule has 3 aromatic rings. The van der Waals surface area contributed by atoms with Crippen molar-refractivity contribution in [2.24, 2.45) is 0 Å². The predicted molar refractivity (Wildman–Crippen MR) is 77.6 cm³/mol. The minimum absolute atomic E-state index is 0.130. The molecule has 7 heteroatoms. The van der Waals surface area contributed by atoms with Gasteiger partial charge in [0.2, 0.25) is 0 Å². The van der Waals surface area contributed by atoms with Crippen LogP contribution in [0, 0.1) is 23.3 Å². The molecule has 0 aliphatic rings. The average Bonchev–Trinajstić information content (AvgIpc) is 2.96. The third-order valence-electron chi connectivity index (χ3n) is 3.33. The molecule has 3 rings (SSSR count). The van der Waals surface area contributed by atoms with Crippen LogP contribution in [0.5, 0.6) is 0 Å². The molecule has 1 heterocycles. The summed E-state index contributed by atoms with van der Waals surface area (Å²) in [5.41, 5.74) is 0.798. The van der Waals surface area contributed by atoms with Crippen LogP contribution in [0.15, 0.2) is 42.6 Å². The zero-order valence-electron chi connectivity index (χ0n) is 11.7. The van der Waals surface area contributed by atoms with E-state index in [0.29, 0.717) is 11.3 Å². The molecule has 2 N–H and O–H groups in total. The lowest BCUT2D eigenvalue weighted by Crippen LogP contribution is -2.02. The number of aromatic amines is 1. The van der Waals surface area contributed by atoms with Crippen LogP contribution >= 0.6 is 0 Å². The quantitative estimate of drug-likeness (QED) is 0.706. The van der Waals surface area contributed by atoms with Gasteiger partial charge in [0.1, 0.15) is 11.6 Å². The van der Waals surface area contributed by atoms with Gasteiger partial charge in [0.15, 0.2) is 11.6 Å². The third-order valence-corrected chi connectivity index (χ3v) is 3.33. The van der Waals surface area contributed by atoms with E-state index in [0.717, 1.165) is 24.3 Å². The highest BCUT2D eigenvalue weighted by atomic mass is 19.2. The van der Waals surface area contributed by atoms with Gasteiger partial charge in [0.05, 0.1) is 17.5 Å². The Bertz CT molecular complexity index is 825. The van der Waals surface area contributed by atoms with Crippen molar-refractivity contribution in [2.75, 3.05) is 5.32 Å². The molecule has 0 amide bonds. The summed E-state index contributed by atoms with van der Waals surface area (Å²) in [6.07, 6.45) is 1.41. The molecule has 0 unspecified atom stereocenters. The minimum atomic E-state index is -0.984. The number of hydrogen-bond acceptors (Lipinski definition) is 2. The summed E-state index contributed by atoms with van der Waals surface area (Å²) in [7, 11) is 0. The number of aromatic nitrogens is 2. The van der Waals surface area contributed by atoms with Gasteiger partial charge in [-0.3, -0.25) is 5.10 Å². The molecule has 23 heavy (non-hydrogen) atoms. The van der Waals surface area contributed by atoms with E-state index >= 15 is 0 Å². The monoisotopic (exact) mass is 321 g/mol. The van der Waals surface area contributed by atoms with E-state index in [1.165, 1.54) is 18.3 Å². The number of nitrogens with one attached hydrogen (secondary N) is 2. The van der Waals surface area contributed by atoms with Crippen LogP contribution in [0.2, 0.25) is 0 Å². The minimum Gasteiger partial charge on any atom is -0.381 e. The van der Waals surface area contributed by atoms with Crippen molar-refractivity contribution in [1.29, 1.82) is 0 Å². The Labute approximate surface area is 129 Å². The number of hydrogen-bond donors (Lipinski definition) is 2. The van der Waals surface area contributed by atoms with E-state index in [2.05, 4.69) is 15.5 Å². The highest BCUT2D eigenvalue weighted by Crippen LogP contribution is 2.27. The van der Waals surface area contributed by atoms with Gasteiger partial charge in [-0.05, 0) is 24.3 Å². The lowest BCUT2D eigenvalue weighted by atomic mass is 10.1. The Morgan fingerprint density at radius 2 is 1.65 bits per heavy atom. The van der Waals surface area contributed by atoms with Crippen molar-refractivity contribution in [3.63, 3.8) is 0 Å². The number of halogens is 4. The van der Waals surface area contributed by atoms with Gasteiger partial charge in [-0.25, -0.2) is 17.6 Å². The van der Waals surface area contributed by atoms with Gasteiger partial charge in [-0.1, -0.05) is 6.07 Å². The third kappa shape index (κ3) is 3.03. The standard InChI is InChI=1S/C16H11F4N3/c17-11-5-4-10(6-14(11)20)21-7-9-8-22-23-16(9)15-12(18)2-1-3-13(15)19/h1-6,8,21H,7H2,(H,22,23). The maximum absolute atomic E-state index is 13.9. The second-order valence-corrected chi connectivity index (χ2v) is 4.85. The first-order chi connectivity index (χ1) is 11.1. The van der Waals surface area contributed by atoms with Crippen molar-refractivity contribution in [3.8, 4) is 11.3 Å². The van der Waals surface area contributed by atoms with Gasteiger partial charge < -0.3 is 5.32 Å². The van der Waals surface area contributed by atoms with Gasteiger partial charge in [0.25, 0.3) is 0 Å². The van der Waals surface area contributed by atoms with Gasteiger partial charge in [0, 0.05) is 23.9 Å². The summed E-state index contributed by atoms with van der Waals surface area (Å²) < 4.78 is 53.8. The van der Waals surface area contributed by atoms with E-state index in [9.17, 15) is 17.6 Å². The van der Waals surface area contributed by atoms with Crippen molar-refractivity contribution < 1.29 is 17.6 Å². The van der Waals surface area contributed by atoms with Crippen LogP contribution in [-0.4, -0.2) is 10.2 Å². The Hall–Kier alpha value is -2.83. The van der Waals surface area contributed by atoms with Crippen molar-refractivity contribution in [3.05, 3.63) is 71.4 Å². The second kappa shape index (κ2) is 6.12. The van der Waals surface area contributed by atoms with Crippen LogP contribution in [0.25, 0.3) is 11.3 Å². The fourth-order valence-electron chi connectivity index (χ4n) is 2.20.